The number of urea groups is 1. The number of nitrogens with zero attached hydrogens (tertiary/aromatic N) is 2. The van der Waals surface area contributed by atoms with E-state index in [1.54, 1.807) is 28.7 Å². The second-order valence-electron chi connectivity index (χ2n) is 7.44. The summed E-state index contributed by atoms with van der Waals surface area (Å²) in [6.07, 6.45) is 4.52. The molecule has 2 aromatic rings. The largest absolute Gasteiger partial charge is 0.324 e. The van der Waals surface area contributed by atoms with Crippen LogP contribution < -0.4 is 5.32 Å². The number of anilines is 1. The zero-order valence-corrected chi connectivity index (χ0v) is 16.9. The van der Waals surface area contributed by atoms with Crippen LogP contribution in [0.1, 0.15) is 31.2 Å². The number of sulfone groups is 1. The summed E-state index contributed by atoms with van der Waals surface area (Å²) in [6.45, 7) is 3.08. The van der Waals surface area contributed by atoms with Gasteiger partial charge < -0.3 is 4.90 Å². The van der Waals surface area contributed by atoms with Gasteiger partial charge >= 0.3 is 6.03 Å². The van der Waals surface area contributed by atoms with Crippen molar-refractivity contribution >= 4 is 32.2 Å². The number of carbonyl (C=O) groups excluding carboxylic acids is 1. The first-order valence-corrected chi connectivity index (χ1v) is 11.5. The summed E-state index contributed by atoms with van der Waals surface area (Å²) >= 11 is 1.38. The van der Waals surface area contributed by atoms with Crippen molar-refractivity contribution < 1.29 is 13.2 Å². The van der Waals surface area contributed by atoms with E-state index in [1.165, 1.54) is 11.3 Å². The van der Waals surface area contributed by atoms with Crippen LogP contribution in [0.4, 0.5) is 9.80 Å². The van der Waals surface area contributed by atoms with Gasteiger partial charge in [0.15, 0.2) is 9.84 Å². The number of amides is 2. The molecular formula is C19H23N3O3S2. The predicted molar refractivity (Wildman–Crippen MR) is 106 cm³/mol. The molecule has 1 aromatic carbocycles. The Morgan fingerprint density at radius 2 is 2.04 bits per heavy atom. The molecule has 0 spiro atoms. The van der Waals surface area contributed by atoms with Crippen LogP contribution in [0.25, 0.3) is 0 Å². The molecule has 2 heterocycles. The van der Waals surface area contributed by atoms with E-state index >= 15 is 0 Å². The minimum absolute atomic E-state index is 0.107. The number of rotatable bonds is 4. The molecule has 0 radical (unpaired) electrons. The van der Waals surface area contributed by atoms with Gasteiger partial charge in [0, 0.05) is 13.1 Å². The van der Waals surface area contributed by atoms with Crippen molar-refractivity contribution in [3.8, 4) is 0 Å². The number of aromatic nitrogens is 1. The van der Waals surface area contributed by atoms with Crippen molar-refractivity contribution in [1.82, 2.24) is 9.88 Å². The van der Waals surface area contributed by atoms with Crippen molar-refractivity contribution in [1.29, 1.82) is 0 Å². The summed E-state index contributed by atoms with van der Waals surface area (Å²) in [6, 6.07) is 7.07. The maximum Gasteiger partial charge on any atom is 0.322 e. The second kappa shape index (κ2) is 6.91. The van der Waals surface area contributed by atoms with Crippen molar-refractivity contribution in [2.45, 2.75) is 42.2 Å². The predicted octanol–water partition coefficient (Wildman–Crippen LogP) is 3.70. The third-order valence-corrected chi connectivity index (χ3v) is 9.14. The normalized spacial score (nSPS) is 19.7. The molecule has 1 aromatic heterocycles. The average Bonchev–Trinajstić information content (AvgIpc) is 3.34. The van der Waals surface area contributed by atoms with Gasteiger partial charge in [0.25, 0.3) is 0 Å². The van der Waals surface area contributed by atoms with E-state index in [1.807, 2.05) is 19.1 Å². The Balaban J connectivity index is 1.44. The number of hydrogen-bond donors (Lipinski definition) is 1. The Hall–Kier alpha value is -1.93. The Morgan fingerprint density at radius 1 is 1.30 bits per heavy atom. The third kappa shape index (κ3) is 3.36. The van der Waals surface area contributed by atoms with E-state index in [4.69, 9.17) is 0 Å². The molecule has 0 atom stereocenters. The number of hydrogen-bond acceptors (Lipinski definition) is 5. The number of aryl methyl sites for hydroxylation is 1. The number of carbonyl (C=O) groups is 1. The number of benzene rings is 1. The fraction of sp³-hybridized carbons (Fsp3) is 0.474. The van der Waals surface area contributed by atoms with Gasteiger partial charge in [0.1, 0.15) is 5.00 Å². The molecule has 1 N–H and O–H groups in total. The number of piperidine rings is 1. The lowest BCUT2D eigenvalue weighted by atomic mass is 9.91. The Morgan fingerprint density at radius 3 is 2.63 bits per heavy atom. The standard InChI is InChI=1S/C19H23N3O3S2/c1-14-3-2-4-16(11-14)27(24,25)19(7-8-19)15-5-9-22(10-6-15)18(23)21-17-12-20-13-26-17/h2-4,11-13,15H,5-10H2,1H3,(H,21,23). The van der Waals surface area contributed by atoms with Gasteiger partial charge in [-0.1, -0.05) is 12.1 Å². The molecule has 8 heteroatoms. The van der Waals surface area contributed by atoms with Crippen LogP contribution in [0, 0.1) is 12.8 Å². The lowest BCUT2D eigenvalue weighted by molar-refractivity contribution is 0.179. The molecule has 1 aliphatic carbocycles. The molecule has 144 valence electrons. The molecule has 27 heavy (non-hydrogen) atoms. The second-order valence-corrected chi connectivity index (χ2v) is 10.6. The van der Waals surface area contributed by atoms with E-state index < -0.39 is 14.6 Å². The molecule has 2 amide bonds. The highest BCUT2D eigenvalue weighted by Crippen LogP contribution is 2.55. The highest BCUT2D eigenvalue weighted by atomic mass is 32.2. The van der Waals surface area contributed by atoms with Crippen molar-refractivity contribution in [2.75, 3.05) is 18.4 Å². The van der Waals surface area contributed by atoms with E-state index in [0.717, 1.165) is 36.2 Å². The van der Waals surface area contributed by atoms with Crippen LogP contribution >= 0.6 is 11.3 Å². The summed E-state index contributed by atoms with van der Waals surface area (Å²) in [5.74, 6) is 0.107. The Kier molecular flexibility index (Phi) is 4.71. The highest BCUT2D eigenvalue weighted by molar-refractivity contribution is 7.93. The van der Waals surface area contributed by atoms with Gasteiger partial charge in [-0.2, -0.15) is 0 Å². The van der Waals surface area contributed by atoms with E-state index in [-0.39, 0.29) is 11.9 Å². The summed E-state index contributed by atoms with van der Waals surface area (Å²) in [5.41, 5.74) is 2.64. The number of thiazole rings is 1. The highest BCUT2D eigenvalue weighted by Gasteiger charge is 2.59. The van der Waals surface area contributed by atoms with Gasteiger partial charge in [0.05, 0.1) is 21.3 Å². The van der Waals surface area contributed by atoms with Crippen LogP contribution in [0.2, 0.25) is 0 Å². The number of nitrogens with one attached hydrogen (secondary N) is 1. The maximum absolute atomic E-state index is 13.3. The molecule has 0 unspecified atom stereocenters. The van der Waals surface area contributed by atoms with Gasteiger partial charge in [-0.05, 0) is 56.2 Å². The minimum Gasteiger partial charge on any atom is -0.324 e. The topological polar surface area (TPSA) is 79.4 Å². The molecule has 1 saturated carbocycles. The molecule has 1 aliphatic heterocycles. The molecule has 6 nitrogen and oxygen atoms in total. The lowest BCUT2D eigenvalue weighted by Gasteiger charge is -2.36. The summed E-state index contributed by atoms with van der Waals surface area (Å²) in [7, 11) is -3.35. The van der Waals surface area contributed by atoms with Crippen LogP contribution in [0.3, 0.4) is 0 Å². The van der Waals surface area contributed by atoms with Gasteiger partial charge in [-0.15, -0.1) is 11.3 Å². The average molecular weight is 406 g/mol. The van der Waals surface area contributed by atoms with E-state index in [0.29, 0.717) is 18.0 Å². The van der Waals surface area contributed by atoms with Crippen LogP contribution in [-0.2, 0) is 9.84 Å². The van der Waals surface area contributed by atoms with E-state index in [9.17, 15) is 13.2 Å². The van der Waals surface area contributed by atoms with Gasteiger partial charge in [0.2, 0.25) is 0 Å². The summed E-state index contributed by atoms with van der Waals surface area (Å²) in [4.78, 5) is 18.5. The summed E-state index contributed by atoms with van der Waals surface area (Å²) in [5, 5.41) is 3.57. The zero-order chi connectivity index (χ0) is 19.1. The maximum atomic E-state index is 13.3. The Bertz CT molecular complexity index is 929. The first-order valence-electron chi connectivity index (χ1n) is 9.18. The van der Waals surface area contributed by atoms with Gasteiger partial charge in [-0.25, -0.2) is 13.2 Å². The fourth-order valence-electron chi connectivity index (χ4n) is 4.11. The van der Waals surface area contributed by atoms with Crippen molar-refractivity contribution in [2.24, 2.45) is 5.92 Å². The first kappa shape index (κ1) is 18.4. The molecule has 0 bridgehead atoms. The molecule has 4 rings (SSSR count). The quantitative estimate of drug-likeness (QED) is 0.841. The van der Waals surface area contributed by atoms with Crippen LogP contribution in [0.15, 0.2) is 40.9 Å². The third-order valence-electron chi connectivity index (χ3n) is 5.77. The van der Waals surface area contributed by atoms with Crippen LogP contribution in [0.5, 0.6) is 0 Å². The monoisotopic (exact) mass is 405 g/mol. The fourth-order valence-corrected chi connectivity index (χ4v) is 6.99. The van der Waals surface area contributed by atoms with Crippen molar-refractivity contribution in [3.05, 3.63) is 41.5 Å². The Labute approximate surface area is 163 Å². The van der Waals surface area contributed by atoms with E-state index in [2.05, 4.69) is 10.3 Å². The van der Waals surface area contributed by atoms with Gasteiger partial charge in [-0.3, -0.25) is 10.3 Å². The number of likely N-dealkylation sites (tertiary alicyclic amines) is 1. The summed E-state index contributed by atoms with van der Waals surface area (Å²) < 4.78 is 26.0. The molecule has 2 aliphatic rings. The minimum atomic E-state index is -3.35. The molecule has 1 saturated heterocycles. The van der Waals surface area contributed by atoms with Crippen molar-refractivity contribution in [3.63, 3.8) is 0 Å². The smallest absolute Gasteiger partial charge is 0.322 e. The first-order chi connectivity index (χ1) is 12.9. The molecule has 2 fully saturated rings. The van der Waals surface area contributed by atoms with Crippen LogP contribution in [-0.4, -0.2) is 42.2 Å². The lowest BCUT2D eigenvalue weighted by Crippen LogP contribution is -2.45. The molecular weight excluding hydrogens is 382 g/mol. The zero-order valence-electron chi connectivity index (χ0n) is 15.2. The SMILES string of the molecule is Cc1cccc(S(=O)(=O)C2(C3CCN(C(=O)Nc4cncs4)CC3)CC2)c1.